The van der Waals surface area contributed by atoms with Crippen molar-refractivity contribution in [3.63, 3.8) is 0 Å². The van der Waals surface area contributed by atoms with Gasteiger partial charge < -0.3 is 14.9 Å². The zero-order valence-electron chi connectivity index (χ0n) is 7.36. The molecule has 1 amide bonds. The molecule has 2 N–H and O–H groups in total. The molecule has 0 saturated carbocycles. The van der Waals surface area contributed by atoms with Gasteiger partial charge in [0.05, 0.1) is 6.10 Å². The second-order valence-corrected chi connectivity index (χ2v) is 2.78. The van der Waals surface area contributed by atoms with Gasteiger partial charge in [-0.05, 0) is 13.3 Å². The quantitative estimate of drug-likeness (QED) is 0.699. The molecule has 0 fully saturated rings. The summed E-state index contributed by atoms with van der Waals surface area (Å²) in [6.07, 6.45) is 1.46. The fourth-order valence-corrected chi connectivity index (χ4v) is 0.815. The third-order valence-electron chi connectivity index (χ3n) is 1.52. The lowest BCUT2D eigenvalue weighted by molar-refractivity contribution is 0.0936. The van der Waals surface area contributed by atoms with Gasteiger partial charge in [0.25, 0.3) is 5.91 Å². The summed E-state index contributed by atoms with van der Waals surface area (Å²) < 4.78 is 4.50. The molecule has 0 saturated heterocycles. The summed E-state index contributed by atoms with van der Waals surface area (Å²) in [5, 5.41) is 15.0. The third kappa shape index (κ3) is 3.25. The minimum Gasteiger partial charge on any atom is -0.393 e. The van der Waals surface area contributed by atoms with Crippen molar-refractivity contribution >= 4 is 5.91 Å². The molecule has 0 radical (unpaired) electrons. The highest BCUT2D eigenvalue weighted by Crippen LogP contribution is 1.94. The van der Waals surface area contributed by atoms with Crippen LogP contribution in [0.15, 0.2) is 16.9 Å². The minimum atomic E-state index is -0.405. The molecule has 0 aliphatic heterocycles. The van der Waals surface area contributed by atoms with Crippen LogP contribution in [-0.4, -0.2) is 28.8 Å². The highest BCUT2D eigenvalue weighted by Gasteiger charge is 2.07. The SMILES string of the molecule is CC(O)CCNC(=O)c1ccon1. The summed E-state index contributed by atoms with van der Waals surface area (Å²) >= 11 is 0. The highest BCUT2D eigenvalue weighted by molar-refractivity contribution is 5.91. The van der Waals surface area contributed by atoms with Crippen LogP contribution in [0.1, 0.15) is 23.8 Å². The van der Waals surface area contributed by atoms with Crippen LogP contribution < -0.4 is 5.32 Å². The molecule has 0 bridgehead atoms. The van der Waals surface area contributed by atoms with E-state index in [-0.39, 0.29) is 11.6 Å². The zero-order valence-corrected chi connectivity index (χ0v) is 7.36. The van der Waals surface area contributed by atoms with E-state index in [1.165, 1.54) is 12.3 Å². The predicted octanol–water partition coefficient (Wildman–Crippen LogP) is 0.175. The van der Waals surface area contributed by atoms with Gasteiger partial charge in [0.1, 0.15) is 6.26 Å². The molecule has 5 nitrogen and oxygen atoms in total. The Bertz CT molecular complexity index is 256. The average molecular weight is 184 g/mol. The standard InChI is InChI=1S/C8H12N2O3/c1-6(11)2-4-9-8(12)7-3-5-13-10-7/h3,5-6,11H,2,4H2,1H3,(H,9,12). The summed E-state index contributed by atoms with van der Waals surface area (Å²) in [5.41, 5.74) is 0.255. The lowest BCUT2D eigenvalue weighted by Gasteiger charge is -2.04. The number of nitrogens with zero attached hydrogens (tertiary/aromatic N) is 1. The van der Waals surface area contributed by atoms with Crippen LogP contribution in [0.5, 0.6) is 0 Å². The van der Waals surface area contributed by atoms with Gasteiger partial charge in [0, 0.05) is 12.6 Å². The number of rotatable bonds is 4. The average Bonchev–Trinajstić information content (AvgIpc) is 2.55. The minimum absolute atomic E-state index is 0.255. The van der Waals surface area contributed by atoms with Gasteiger partial charge in [-0.2, -0.15) is 0 Å². The normalized spacial score (nSPS) is 12.5. The number of aliphatic hydroxyl groups excluding tert-OH is 1. The van der Waals surface area contributed by atoms with Crippen molar-refractivity contribution in [3.8, 4) is 0 Å². The fourth-order valence-electron chi connectivity index (χ4n) is 0.815. The number of aromatic nitrogens is 1. The summed E-state index contributed by atoms with van der Waals surface area (Å²) in [4.78, 5) is 11.2. The van der Waals surface area contributed by atoms with E-state index in [2.05, 4.69) is 15.0 Å². The zero-order chi connectivity index (χ0) is 9.68. The van der Waals surface area contributed by atoms with Crippen molar-refractivity contribution in [1.29, 1.82) is 0 Å². The van der Waals surface area contributed by atoms with Gasteiger partial charge >= 0.3 is 0 Å². The van der Waals surface area contributed by atoms with Crippen molar-refractivity contribution in [1.82, 2.24) is 10.5 Å². The first-order valence-electron chi connectivity index (χ1n) is 4.07. The van der Waals surface area contributed by atoms with E-state index in [0.29, 0.717) is 13.0 Å². The van der Waals surface area contributed by atoms with Gasteiger partial charge in [0.2, 0.25) is 0 Å². The fraction of sp³-hybridized carbons (Fsp3) is 0.500. The molecule has 5 heteroatoms. The highest BCUT2D eigenvalue weighted by atomic mass is 16.5. The molecule has 1 aromatic heterocycles. The molecular weight excluding hydrogens is 172 g/mol. The largest absolute Gasteiger partial charge is 0.393 e. The predicted molar refractivity (Wildman–Crippen MR) is 45.1 cm³/mol. The number of carbonyl (C=O) groups is 1. The molecule has 0 aliphatic rings. The molecule has 13 heavy (non-hydrogen) atoms. The van der Waals surface area contributed by atoms with E-state index in [1.54, 1.807) is 6.92 Å². The first kappa shape index (κ1) is 9.73. The Morgan fingerprint density at radius 2 is 2.62 bits per heavy atom. The van der Waals surface area contributed by atoms with Crippen molar-refractivity contribution in [3.05, 3.63) is 18.0 Å². The Labute approximate surface area is 75.7 Å². The maximum atomic E-state index is 11.2. The van der Waals surface area contributed by atoms with Gasteiger partial charge in [0.15, 0.2) is 5.69 Å². The van der Waals surface area contributed by atoms with Crippen LogP contribution in [0, 0.1) is 0 Å². The van der Waals surface area contributed by atoms with Crippen molar-refractivity contribution in [2.45, 2.75) is 19.4 Å². The van der Waals surface area contributed by atoms with Crippen LogP contribution >= 0.6 is 0 Å². The number of carbonyl (C=O) groups excluding carboxylic acids is 1. The summed E-state index contributed by atoms with van der Waals surface area (Å²) in [6.45, 7) is 2.10. The smallest absolute Gasteiger partial charge is 0.273 e. The third-order valence-corrected chi connectivity index (χ3v) is 1.52. The first-order valence-corrected chi connectivity index (χ1v) is 4.07. The molecular formula is C8H12N2O3. The second-order valence-electron chi connectivity index (χ2n) is 2.78. The van der Waals surface area contributed by atoms with Gasteiger partial charge in [-0.25, -0.2) is 0 Å². The van der Waals surface area contributed by atoms with E-state index >= 15 is 0 Å². The van der Waals surface area contributed by atoms with Crippen LogP contribution in [-0.2, 0) is 0 Å². The molecule has 0 aliphatic carbocycles. The van der Waals surface area contributed by atoms with E-state index in [0.717, 1.165) is 0 Å². The Hall–Kier alpha value is -1.36. The maximum absolute atomic E-state index is 11.2. The van der Waals surface area contributed by atoms with E-state index in [1.807, 2.05) is 0 Å². The van der Waals surface area contributed by atoms with Gasteiger partial charge in [-0.3, -0.25) is 4.79 Å². The molecule has 0 aromatic carbocycles. The van der Waals surface area contributed by atoms with Crippen molar-refractivity contribution < 1.29 is 14.4 Å². The molecule has 1 heterocycles. The Kier molecular flexibility index (Phi) is 3.45. The molecule has 1 rings (SSSR count). The van der Waals surface area contributed by atoms with Crippen LogP contribution in [0.3, 0.4) is 0 Å². The number of aliphatic hydroxyl groups is 1. The lowest BCUT2D eigenvalue weighted by Crippen LogP contribution is -2.26. The maximum Gasteiger partial charge on any atom is 0.273 e. The number of nitrogens with one attached hydrogen (secondary N) is 1. The molecule has 1 aromatic rings. The second kappa shape index (κ2) is 4.61. The summed E-state index contributed by atoms with van der Waals surface area (Å²) in [7, 11) is 0. The van der Waals surface area contributed by atoms with Crippen molar-refractivity contribution in [2.75, 3.05) is 6.54 Å². The summed E-state index contributed by atoms with van der Waals surface area (Å²) in [6, 6.07) is 1.48. The molecule has 1 atom stereocenters. The molecule has 72 valence electrons. The van der Waals surface area contributed by atoms with Crippen LogP contribution in [0.4, 0.5) is 0 Å². The van der Waals surface area contributed by atoms with Crippen molar-refractivity contribution in [2.24, 2.45) is 0 Å². The van der Waals surface area contributed by atoms with E-state index < -0.39 is 6.10 Å². The lowest BCUT2D eigenvalue weighted by atomic mass is 10.3. The van der Waals surface area contributed by atoms with E-state index in [4.69, 9.17) is 5.11 Å². The number of hydrogen-bond acceptors (Lipinski definition) is 4. The number of hydrogen-bond donors (Lipinski definition) is 2. The Balaban J connectivity index is 2.27. The van der Waals surface area contributed by atoms with Gasteiger partial charge in [-0.15, -0.1) is 0 Å². The topological polar surface area (TPSA) is 75.4 Å². The van der Waals surface area contributed by atoms with Crippen LogP contribution in [0.2, 0.25) is 0 Å². The van der Waals surface area contributed by atoms with Crippen LogP contribution in [0.25, 0.3) is 0 Å². The molecule has 0 spiro atoms. The number of amides is 1. The van der Waals surface area contributed by atoms with E-state index in [9.17, 15) is 4.79 Å². The summed E-state index contributed by atoms with van der Waals surface area (Å²) in [5.74, 6) is -0.283. The monoisotopic (exact) mass is 184 g/mol. The first-order chi connectivity index (χ1) is 6.20. The molecule has 1 unspecified atom stereocenters. The Morgan fingerprint density at radius 1 is 1.85 bits per heavy atom. The Morgan fingerprint density at radius 3 is 3.15 bits per heavy atom. The van der Waals surface area contributed by atoms with Gasteiger partial charge in [-0.1, -0.05) is 5.16 Å².